The van der Waals surface area contributed by atoms with Crippen molar-refractivity contribution >= 4 is 11.9 Å². The summed E-state index contributed by atoms with van der Waals surface area (Å²) in [7, 11) is 0. The van der Waals surface area contributed by atoms with Crippen LogP contribution < -0.4 is 15.0 Å². The summed E-state index contributed by atoms with van der Waals surface area (Å²) in [5, 5.41) is 3.47. The van der Waals surface area contributed by atoms with Gasteiger partial charge in [0.2, 0.25) is 5.95 Å². The molecule has 0 spiro atoms. The van der Waals surface area contributed by atoms with E-state index >= 15 is 0 Å². The number of piperidine rings is 1. The molecule has 0 saturated carbocycles. The third kappa shape index (κ3) is 6.93. The Morgan fingerprint density at radius 3 is 2.76 bits per heavy atom. The van der Waals surface area contributed by atoms with Gasteiger partial charge in [0.1, 0.15) is 18.0 Å². The Hall–Kier alpha value is -3.49. The Bertz CT molecular complexity index is 1420. The molecule has 8 nitrogen and oxygen atoms in total. The minimum absolute atomic E-state index is 0.206. The van der Waals surface area contributed by atoms with E-state index in [4.69, 9.17) is 19.2 Å². The number of nitrogens with one attached hydrogen (secondary N) is 1. The van der Waals surface area contributed by atoms with E-state index in [0.717, 1.165) is 42.1 Å². The van der Waals surface area contributed by atoms with Crippen LogP contribution in [0.4, 0.5) is 5.95 Å². The quantitative estimate of drug-likeness (QED) is 0.351. The van der Waals surface area contributed by atoms with Crippen molar-refractivity contribution in [3.8, 4) is 17.0 Å². The number of rotatable bonds is 8. The van der Waals surface area contributed by atoms with Crippen LogP contribution in [0.1, 0.15) is 61.9 Å². The molecular weight excluding hydrogens is 528 g/mol. The van der Waals surface area contributed by atoms with Crippen LogP contribution in [0.2, 0.25) is 0 Å². The number of anilines is 1. The van der Waals surface area contributed by atoms with Gasteiger partial charge in [0.25, 0.3) is 0 Å². The minimum atomic E-state index is -0.535. The lowest BCUT2D eigenvalue weighted by Gasteiger charge is -2.38. The van der Waals surface area contributed by atoms with Gasteiger partial charge in [-0.15, -0.1) is 0 Å². The van der Waals surface area contributed by atoms with Gasteiger partial charge in [0, 0.05) is 38.0 Å². The lowest BCUT2D eigenvalue weighted by molar-refractivity contribution is -0.166. The molecule has 224 valence electrons. The summed E-state index contributed by atoms with van der Waals surface area (Å²) in [4.78, 5) is 24.6. The SMILES string of the molecule is CCO[C@H]1CN(c2nccc(-c3cccc(C)c3OCc3cc(C)c4c(c3)CCNC4)n2)CC[C@H]1C(=O)OC(C)(C)C. The fourth-order valence-corrected chi connectivity index (χ4v) is 5.95. The van der Waals surface area contributed by atoms with Crippen molar-refractivity contribution in [2.75, 3.05) is 31.1 Å². The summed E-state index contributed by atoms with van der Waals surface area (Å²) in [5.41, 5.74) is 7.57. The third-order valence-electron chi connectivity index (χ3n) is 7.94. The number of hydrogen-bond acceptors (Lipinski definition) is 8. The van der Waals surface area contributed by atoms with Gasteiger partial charge < -0.3 is 24.4 Å². The standard InChI is InChI=1S/C34H44N4O4/c1-7-40-30-20-38(16-13-27(30)32(39)42-34(4,5)6)33-36-15-12-29(37-33)26-10-8-9-22(2)31(26)41-21-24-17-23(3)28-19-35-14-11-25(28)18-24/h8-10,12,15,17-18,27,30,35H,7,11,13-14,16,19-21H2,1-6H3/t27-,30+/m1/s1. The minimum Gasteiger partial charge on any atom is -0.488 e. The van der Waals surface area contributed by atoms with Gasteiger partial charge in [-0.25, -0.2) is 9.97 Å². The summed E-state index contributed by atoms with van der Waals surface area (Å²) >= 11 is 0. The molecule has 1 saturated heterocycles. The first-order valence-electron chi connectivity index (χ1n) is 15.1. The highest BCUT2D eigenvalue weighted by Gasteiger charge is 2.38. The topological polar surface area (TPSA) is 85.8 Å². The molecule has 0 aliphatic carbocycles. The maximum Gasteiger partial charge on any atom is 0.312 e. The maximum absolute atomic E-state index is 12.9. The number of benzene rings is 2. The Kier molecular flexibility index (Phi) is 9.13. The van der Waals surface area contributed by atoms with Crippen LogP contribution in [0.25, 0.3) is 11.3 Å². The molecule has 5 rings (SSSR count). The zero-order valence-corrected chi connectivity index (χ0v) is 25.8. The van der Waals surface area contributed by atoms with E-state index in [0.29, 0.717) is 38.7 Å². The van der Waals surface area contributed by atoms with Gasteiger partial charge >= 0.3 is 5.97 Å². The van der Waals surface area contributed by atoms with E-state index in [1.54, 1.807) is 6.20 Å². The molecule has 1 aromatic heterocycles. The van der Waals surface area contributed by atoms with Gasteiger partial charge in [-0.1, -0.05) is 24.3 Å². The van der Waals surface area contributed by atoms with Gasteiger partial charge in [0.05, 0.1) is 17.7 Å². The zero-order valence-electron chi connectivity index (χ0n) is 25.8. The van der Waals surface area contributed by atoms with Crippen LogP contribution in [0.5, 0.6) is 5.75 Å². The number of para-hydroxylation sites is 1. The molecule has 1 N–H and O–H groups in total. The number of aryl methyl sites for hydroxylation is 2. The van der Waals surface area contributed by atoms with Crippen molar-refractivity contribution < 1.29 is 19.0 Å². The smallest absolute Gasteiger partial charge is 0.312 e. The largest absolute Gasteiger partial charge is 0.488 e. The van der Waals surface area contributed by atoms with Crippen molar-refractivity contribution in [3.63, 3.8) is 0 Å². The first kappa shape index (κ1) is 30.0. The number of carbonyl (C=O) groups excluding carboxylic acids is 1. The summed E-state index contributed by atoms with van der Waals surface area (Å²) in [6.45, 7) is 16.0. The van der Waals surface area contributed by atoms with E-state index in [2.05, 4.69) is 53.3 Å². The van der Waals surface area contributed by atoms with Gasteiger partial charge in [0.15, 0.2) is 0 Å². The van der Waals surface area contributed by atoms with E-state index in [1.807, 2.05) is 39.8 Å². The lowest BCUT2D eigenvalue weighted by Crippen LogP contribution is -2.49. The molecule has 2 aromatic carbocycles. The predicted molar refractivity (Wildman–Crippen MR) is 165 cm³/mol. The van der Waals surface area contributed by atoms with Crippen LogP contribution in [0.3, 0.4) is 0 Å². The Morgan fingerprint density at radius 2 is 1.98 bits per heavy atom. The molecule has 0 bridgehead atoms. The van der Waals surface area contributed by atoms with Crippen molar-refractivity contribution in [3.05, 3.63) is 70.4 Å². The summed E-state index contributed by atoms with van der Waals surface area (Å²) in [6.07, 6.45) is 3.16. The molecule has 0 amide bonds. The van der Waals surface area contributed by atoms with Crippen LogP contribution in [-0.4, -0.2) is 53.9 Å². The van der Waals surface area contributed by atoms with E-state index in [9.17, 15) is 4.79 Å². The number of ether oxygens (including phenoxy) is 3. The van der Waals surface area contributed by atoms with E-state index in [-0.39, 0.29) is 18.0 Å². The second-order valence-electron chi connectivity index (χ2n) is 12.3. The highest BCUT2D eigenvalue weighted by Crippen LogP contribution is 2.34. The first-order valence-corrected chi connectivity index (χ1v) is 15.1. The average Bonchev–Trinajstić information content (AvgIpc) is 2.96. The van der Waals surface area contributed by atoms with Crippen molar-refractivity contribution in [2.45, 2.75) is 79.2 Å². The normalized spacial score (nSPS) is 18.9. The van der Waals surface area contributed by atoms with Crippen LogP contribution >= 0.6 is 0 Å². The summed E-state index contributed by atoms with van der Waals surface area (Å²) in [6, 6.07) is 12.6. The molecule has 42 heavy (non-hydrogen) atoms. The second-order valence-corrected chi connectivity index (χ2v) is 12.3. The van der Waals surface area contributed by atoms with Crippen LogP contribution in [0, 0.1) is 19.8 Å². The number of esters is 1. The average molecular weight is 573 g/mol. The number of fused-ring (bicyclic) bond motifs is 1. The monoisotopic (exact) mass is 572 g/mol. The van der Waals surface area contributed by atoms with Crippen LogP contribution in [0.15, 0.2) is 42.6 Å². The molecule has 3 heterocycles. The summed E-state index contributed by atoms with van der Waals surface area (Å²) in [5.74, 6) is 0.924. The molecule has 0 radical (unpaired) electrons. The first-order chi connectivity index (χ1) is 20.1. The Labute approximate surface area is 249 Å². The van der Waals surface area contributed by atoms with E-state index in [1.165, 1.54) is 22.3 Å². The fourth-order valence-electron chi connectivity index (χ4n) is 5.95. The highest BCUT2D eigenvalue weighted by molar-refractivity contribution is 5.74. The van der Waals surface area contributed by atoms with Crippen molar-refractivity contribution in [1.29, 1.82) is 0 Å². The third-order valence-corrected chi connectivity index (χ3v) is 7.94. The zero-order chi connectivity index (χ0) is 29.9. The summed E-state index contributed by atoms with van der Waals surface area (Å²) < 4.78 is 18.2. The number of aromatic nitrogens is 2. The molecule has 0 unspecified atom stereocenters. The number of carbonyl (C=O) groups is 1. The second kappa shape index (κ2) is 12.8. The highest BCUT2D eigenvalue weighted by atomic mass is 16.6. The van der Waals surface area contributed by atoms with Crippen molar-refractivity contribution in [1.82, 2.24) is 15.3 Å². The fraction of sp³-hybridized carbons (Fsp3) is 0.500. The number of nitrogens with zero attached hydrogens (tertiary/aromatic N) is 3. The molecule has 2 aliphatic heterocycles. The Morgan fingerprint density at radius 1 is 1.14 bits per heavy atom. The lowest BCUT2D eigenvalue weighted by atomic mass is 9.93. The van der Waals surface area contributed by atoms with Gasteiger partial charge in [-0.2, -0.15) is 0 Å². The van der Waals surface area contributed by atoms with Gasteiger partial charge in [-0.3, -0.25) is 4.79 Å². The molecule has 2 aliphatic rings. The molecular formula is C34H44N4O4. The molecule has 8 heteroatoms. The predicted octanol–water partition coefficient (Wildman–Crippen LogP) is 5.56. The molecule has 1 fully saturated rings. The number of hydrogen-bond donors (Lipinski definition) is 1. The maximum atomic E-state index is 12.9. The van der Waals surface area contributed by atoms with Gasteiger partial charge in [-0.05, 0) is 101 Å². The Balaban J connectivity index is 1.35. The van der Waals surface area contributed by atoms with Crippen LogP contribution in [-0.2, 0) is 33.8 Å². The molecule has 2 atom stereocenters. The molecule has 3 aromatic rings. The van der Waals surface area contributed by atoms with E-state index < -0.39 is 5.60 Å². The van der Waals surface area contributed by atoms with Crippen molar-refractivity contribution in [2.24, 2.45) is 5.92 Å².